The zero-order chi connectivity index (χ0) is 15.1. The van der Waals surface area contributed by atoms with Gasteiger partial charge in [-0.3, -0.25) is 4.79 Å². The molecule has 3 amide bonds. The van der Waals surface area contributed by atoms with Crippen molar-refractivity contribution >= 4 is 35.2 Å². The lowest BCUT2D eigenvalue weighted by molar-refractivity contribution is -0.119. The zero-order valence-electron chi connectivity index (χ0n) is 10.7. The molecule has 108 valence electrons. The number of likely N-dealkylation sites (N-methyl/N-ethyl adjacent to an activating group) is 1. The largest absolute Gasteiger partial charge is 0.478 e. The Morgan fingerprint density at radius 1 is 1.25 bits per heavy atom. The second-order valence-electron chi connectivity index (χ2n) is 3.76. The minimum Gasteiger partial charge on any atom is -0.478 e. The molecule has 0 aliphatic rings. The molecule has 4 N–H and O–H groups in total. The van der Waals surface area contributed by atoms with E-state index in [4.69, 9.17) is 16.7 Å². The first kappa shape index (κ1) is 15.8. The number of carboxylic acid groups (broad SMARTS) is 1. The van der Waals surface area contributed by atoms with Crippen LogP contribution in [0.15, 0.2) is 18.2 Å². The van der Waals surface area contributed by atoms with Crippen molar-refractivity contribution in [3.63, 3.8) is 0 Å². The molecule has 0 aliphatic carbocycles. The van der Waals surface area contributed by atoms with Gasteiger partial charge in [0.25, 0.3) is 0 Å². The predicted octanol–water partition coefficient (Wildman–Crippen LogP) is 1.30. The Kier molecular flexibility index (Phi) is 5.79. The lowest BCUT2D eigenvalue weighted by Gasteiger charge is -2.08. The maximum absolute atomic E-state index is 11.5. The number of hydrogen-bond acceptors (Lipinski definition) is 3. The lowest BCUT2D eigenvalue weighted by Crippen LogP contribution is -2.38. The molecule has 20 heavy (non-hydrogen) atoms. The minimum atomic E-state index is -1.19. The van der Waals surface area contributed by atoms with Crippen molar-refractivity contribution in [2.24, 2.45) is 0 Å². The maximum atomic E-state index is 11.5. The Balaban J connectivity index is 2.60. The average molecular weight is 300 g/mol. The van der Waals surface area contributed by atoms with Crippen LogP contribution >= 0.6 is 11.6 Å². The van der Waals surface area contributed by atoms with Crippen molar-refractivity contribution in [2.75, 3.05) is 18.4 Å². The van der Waals surface area contributed by atoms with Crippen LogP contribution in [0.25, 0.3) is 0 Å². The molecule has 0 unspecified atom stereocenters. The molecule has 0 fully saturated rings. The Morgan fingerprint density at radius 2 is 1.95 bits per heavy atom. The molecule has 0 aromatic heterocycles. The highest BCUT2D eigenvalue weighted by molar-refractivity contribution is 6.33. The number of carbonyl (C=O) groups excluding carboxylic acids is 2. The molecule has 0 saturated carbocycles. The molecule has 8 heteroatoms. The number of carbonyl (C=O) groups is 3. The number of rotatable bonds is 5. The third-order valence-corrected chi connectivity index (χ3v) is 2.57. The normalized spacial score (nSPS) is 9.70. The summed E-state index contributed by atoms with van der Waals surface area (Å²) in [6, 6.07) is 3.44. The van der Waals surface area contributed by atoms with E-state index in [-0.39, 0.29) is 28.7 Å². The van der Waals surface area contributed by atoms with Crippen LogP contribution in [0.5, 0.6) is 0 Å². The van der Waals surface area contributed by atoms with Crippen molar-refractivity contribution in [1.29, 1.82) is 0 Å². The van der Waals surface area contributed by atoms with Crippen molar-refractivity contribution in [2.45, 2.75) is 6.92 Å². The monoisotopic (exact) mass is 299 g/mol. The van der Waals surface area contributed by atoms with Gasteiger partial charge in [0.1, 0.15) is 0 Å². The van der Waals surface area contributed by atoms with Gasteiger partial charge in [0, 0.05) is 12.2 Å². The quantitative estimate of drug-likeness (QED) is 0.657. The second-order valence-corrected chi connectivity index (χ2v) is 4.17. The summed E-state index contributed by atoms with van der Waals surface area (Å²) in [5.41, 5.74) is 0.147. The number of amides is 3. The number of urea groups is 1. The van der Waals surface area contributed by atoms with Crippen LogP contribution in [0.3, 0.4) is 0 Å². The van der Waals surface area contributed by atoms with Crippen molar-refractivity contribution in [3.8, 4) is 0 Å². The number of aromatic carboxylic acids is 1. The van der Waals surface area contributed by atoms with E-state index in [0.29, 0.717) is 6.54 Å². The summed E-state index contributed by atoms with van der Waals surface area (Å²) in [6.07, 6.45) is 0. The molecule has 1 rings (SSSR count). The van der Waals surface area contributed by atoms with E-state index in [1.54, 1.807) is 6.92 Å². The molecule has 0 saturated heterocycles. The zero-order valence-corrected chi connectivity index (χ0v) is 11.5. The summed E-state index contributed by atoms with van der Waals surface area (Å²) < 4.78 is 0. The SMILES string of the molecule is CCNC(=O)CNC(=O)Nc1ccc(Cl)c(C(=O)O)c1. The highest BCUT2D eigenvalue weighted by Crippen LogP contribution is 2.20. The van der Waals surface area contributed by atoms with E-state index in [2.05, 4.69) is 16.0 Å². The molecule has 7 nitrogen and oxygen atoms in total. The topological polar surface area (TPSA) is 108 Å². The lowest BCUT2D eigenvalue weighted by atomic mass is 10.2. The number of carboxylic acids is 1. The Bertz CT molecular complexity index is 533. The number of nitrogens with one attached hydrogen (secondary N) is 3. The molecule has 1 aromatic rings. The fourth-order valence-corrected chi connectivity index (χ4v) is 1.56. The molecule has 1 aromatic carbocycles. The van der Waals surface area contributed by atoms with Gasteiger partial charge in [0.05, 0.1) is 17.1 Å². The summed E-state index contributed by atoms with van der Waals surface area (Å²) in [7, 11) is 0. The van der Waals surface area contributed by atoms with E-state index in [9.17, 15) is 14.4 Å². The summed E-state index contributed by atoms with van der Waals surface area (Å²) in [5.74, 6) is -1.51. The van der Waals surface area contributed by atoms with E-state index in [0.717, 1.165) is 0 Å². The number of benzene rings is 1. The van der Waals surface area contributed by atoms with Gasteiger partial charge in [-0.15, -0.1) is 0 Å². The summed E-state index contributed by atoms with van der Waals surface area (Å²) in [4.78, 5) is 33.5. The fourth-order valence-electron chi connectivity index (χ4n) is 1.36. The Labute approximate surface area is 120 Å². The van der Waals surface area contributed by atoms with E-state index < -0.39 is 12.0 Å². The van der Waals surface area contributed by atoms with Crippen molar-refractivity contribution in [1.82, 2.24) is 10.6 Å². The highest BCUT2D eigenvalue weighted by Gasteiger charge is 2.11. The standard InChI is InChI=1S/C12H14ClN3O4/c1-2-14-10(17)6-15-12(20)16-7-3-4-9(13)8(5-7)11(18)19/h3-5H,2,6H2,1H3,(H,14,17)(H,18,19)(H2,15,16,20). The molecule has 0 bridgehead atoms. The van der Waals surface area contributed by atoms with Gasteiger partial charge in [0.15, 0.2) is 0 Å². The maximum Gasteiger partial charge on any atom is 0.337 e. The van der Waals surface area contributed by atoms with Crippen LogP contribution in [0.1, 0.15) is 17.3 Å². The molecule has 0 aliphatic heterocycles. The number of anilines is 1. The first-order chi connectivity index (χ1) is 9.43. The van der Waals surface area contributed by atoms with E-state index in [1.807, 2.05) is 0 Å². The summed E-state index contributed by atoms with van der Waals surface area (Å²) in [5, 5.41) is 16.2. The third kappa shape index (κ3) is 4.77. The van der Waals surface area contributed by atoms with Gasteiger partial charge < -0.3 is 21.1 Å². The van der Waals surface area contributed by atoms with Gasteiger partial charge in [-0.05, 0) is 25.1 Å². The van der Waals surface area contributed by atoms with Crippen LogP contribution < -0.4 is 16.0 Å². The van der Waals surface area contributed by atoms with Gasteiger partial charge >= 0.3 is 12.0 Å². The summed E-state index contributed by atoms with van der Waals surface area (Å²) >= 11 is 5.70. The second kappa shape index (κ2) is 7.34. The van der Waals surface area contributed by atoms with Crippen LogP contribution in [0, 0.1) is 0 Å². The van der Waals surface area contributed by atoms with Gasteiger partial charge in [-0.25, -0.2) is 9.59 Å². The van der Waals surface area contributed by atoms with Crippen molar-refractivity contribution in [3.05, 3.63) is 28.8 Å². The Morgan fingerprint density at radius 3 is 2.55 bits per heavy atom. The van der Waals surface area contributed by atoms with Gasteiger partial charge in [-0.1, -0.05) is 11.6 Å². The summed E-state index contributed by atoms with van der Waals surface area (Å²) in [6.45, 7) is 2.07. The van der Waals surface area contributed by atoms with Crippen molar-refractivity contribution < 1.29 is 19.5 Å². The fraction of sp³-hybridized carbons (Fsp3) is 0.250. The third-order valence-electron chi connectivity index (χ3n) is 2.24. The van der Waals surface area contributed by atoms with Crippen LogP contribution in [0.2, 0.25) is 5.02 Å². The van der Waals surface area contributed by atoms with Crippen LogP contribution in [0.4, 0.5) is 10.5 Å². The predicted molar refractivity (Wildman–Crippen MR) is 74.1 cm³/mol. The van der Waals surface area contributed by atoms with Gasteiger partial charge in [-0.2, -0.15) is 0 Å². The minimum absolute atomic E-state index is 0.0748. The molecule has 0 atom stereocenters. The van der Waals surface area contributed by atoms with Gasteiger partial charge in [0.2, 0.25) is 5.91 Å². The molecule has 0 heterocycles. The number of halogens is 1. The van der Waals surface area contributed by atoms with E-state index >= 15 is 0 Å². The molecule has 0 radical (unpaired) electrons. The van der Waals surface area contributed by atoms with E-state index in [1.165, 1.54) is 18.2 Å². The van der Waals surface area contributed by atoms with Crippen LogP contribution in [-0.4, -0.2) is 36.1 Å². The number of hydrogen-bond donors (Lipinski definition) is 4. The molecule has 0 spiro atoms. The smallest absolute Gasteiger partial charge is 0.337 e. The molecular weight excluding hydrogens is 286 g/mol. The Hall–Kier alpha value is -2.28. The first-order valence-corrected chi connectivity index (χ1v) is 6.16. The first-order valence-electron chi connectivity index (χ1n) is 5.78. The van der Waals surface area contributed by atoms with Crippen LogP contribution in [-0.2, 0) is 4.79 Å². The highest BCUT2D eigenvalue weighted by atomic mass is 35.5. The molecular formula is C12H14ClN3O4. The average Bonchev–Trinajstić information content (AvgIpc) is 2.39.